The number of hydrogen-bond acceptors (Lipinski definition) is 6. The molecular weight excluding hydrogens is 294 g/mol. The summed E-state index contributed by atoms with van der Waals surface area (Å²) in [7, 11) is -3.57. The molecule has 0 fully saturated rings. The molecule has 114 valence electrons. The molecule has 0 unspecified atom stereocenters. The van der Waals surface area contributed by atoms with Crippen molar-refractivity contribution in [3.8, 4) is 11.5 Å². The molecule has 1 aromatic heterocycles. The predicted octanol–water partition coefficient (Wildman–Crippen LogP) is 0.918. The van der Waals surface area contributed by atoms with Gasteiger partial charge in [-0.25, -0.2) is 13.4 Å². The Hall–Kier alpha value is -1.70. The van der Waals surface area contributed by atoms with Gasteiger partial charge in [0.15, 0.2) is 9.84 Å². The molecule has 0 amide bonds. The third-order valence-corrected chi connectivity index (χ3v) is 4.53. The number of sulfone groups is 1. The van der Waals surface area contributed by atoms with Crippen molar-refractivity contribution in [2.24, 2.45) is 0 Å². The van der Waals surface area contributed by atoms with E-state index in [0.717, 1.165) is 5.56 Å². The summed E-state index contributed by atoms with van der Waals surface area (Å²) in [6.07, 6.45) is -1.28. The van der Waals surface area contributed by atoms with Gasteiger partial charge in [-0.05, 0) is 19.1 Å². The van der Waals surface area contributed by atoms with Gasteiger partial charge in [0.25, 0.3) is 0 Å². The number of aliphatic hydroxyl groups excluding tert-OH is 2. The van der Waals surface area contributed by atoms with E-state index in [1.54, 1.807) is 6.92 Å². The molecule has 0 saturated heterocycles. The first kappa shape index (κ1) is 15.7. The number of aliphatic hydroxyl groups is 2. The predicted molar refractivity (Wildman–Crippen MR) is 77.3 cm³/mol. The summed E-state index contributed by atoms with van der Waals surface area (Å²) in [6, 6.07) is 9.17. The van der Waals surface area contributed by atoms with Gasteiger partial charge in [-0.15, -0.1) is 0 Å². The molecule has 6 nitrogen and oxygen atoms in total. The van der Waals surface area contributed by atoms with Crippen LogP contribution < -0.4 is 0 Å². The molecule has 1 aromatic carbocycles. The van der Waals surface area contributed by atoms with E-state index in [0.29, 0.717) is 17.3 Å². The lowest BCUT2D eigenvalue weighted by Crippen LogP contribution is -2.25. The Balaban J connectivity index is 2.21. The lowest BCUT2D eigenvalue weighted by Gasteiger charge is -2.07. The number of oxazole rings is 1. The van der Waals surface area contributed by atoms with E-state index in [9.17, 15) is 13.5 Å². The number of benzene rings is 1. The van der Waals surface area contributed by atoms with Crippen molar-refractivity contribution < 1.29 is 23.0 Å². The maximum atomic E-state index is 11.9. The van der Waals surface area contributed by atoms with Crippen LogP contribution in [0.4, 0.5) is 0 Å². The first-order valence-electron chi connectivity index (χ1n) is 6.42. The molecule has 2 N–H and O–H groups in total. The topological polar surface area (TPSA) is 101 Å². The highest BCUT2D eigenvalue weighted by molar-refractivity contribution is 7.90. The van der Waals surface area contributed by atoms with E-state index in [1.807, 2.05) is 30.3 Å². The van der Waals surface area contributed by atoms with Crippen LogP contribution in [-0.2, 0) is 15.6 Å². The fourth-order valence-electron chi connectivity index (χ4n) is 1.88. The van der Waals surface area contributed by atoms with E-state index in [4.69, 9.17) is 9.52 Å². The minimum Gasteiger partial charge on any atom is -0.441 e. The molecule has 1 heterocycles. The molecule has 2 aromatic rings. The molecule has 0 aliphatic rings. The lowest BCUT2D eigenvalue weighted by atomic mass is 10.2. The number of aromatic nitrogens is 1. The highest BCUT2D eigenvalue weighted by Crippen LogP contribution is 2.22. The summed E-state index contributed by atoms with van der Waals surface area (Å²) in [6.45, 7) is 1.05. The van der Waals surface area contributed by atoms with Crippen LogP contribution in [0.2, 0.25) is 0 Å². The normalized spacial score (nSPS) is 13.3. The maximum Gasteiger partial charge on any atom is 0.226 e. The van der Waals surface area contributed by atoms with Crippen molar-refractivity contribution in [3.63, 3.8) is 0 Å². The van der Waals surface area contributed by atoms with Crippen molar-refractivity contribution >= 4 is 9.84 Å². The third-order valence-electron chi connectivity index (χ3n) is 2.93. The average molecular weight is 311 g/mol. The summed E-state index contributed by atoms with van der Waals surface area (Å²) in [5.41, 5.74) is 1.08. The molecule has 21 heavy (non-hydrogen) atoms. The summed E-state index contributed by atoms with van der Waals surface area (Å²) in [5, 5.41) is 18.0. The molecule has 1 atom stereocenters. The summed E-state index contributed by atoms with van der Waals surface area (Å²) in [5.74, 6) is -0.0418. The zero-order valence-electron chi connectivity index (χ0n) is 11.6. The van der Waals surface area contributed by atoms with Crippen molar-refractivity contribution in [2.75, 3.05) is 12.4 Å². The SMILES string of the molecule is Cc1oc(-c2ccccc2)nc1CS(=O)(=O)C[C@@H](O)CO. The van der Waals surface area contributed by atoms with Gasteiger partial charge in [-0.2, -0.15) is 0 Å². The van der Waals surface area contributed by atoms with Gasteiger partial charge in [0, 0.05) is 5.56 Å². The highest BCUT2D eigenvalue weighted by atomic mass is 32.2. The van der Waals surface area contributed by atoms with Gasteiger partial charge in [-0.1, -0.05) is 18.2 Å². The van der Waals surface area contributed by atoms with Crippen molar-refractivity contribution in [3.05, 3.63) is 41.8 Å². The molecule has 0 aliphatic heterocycles. The Bertz CT molecular complexity index is 693. The van der Waals surface area contributed by atoms with Crippen LogP contribution in [-0.4, -0.2) is 42.1 Å². The first-order valence-corrected chi connectivity index (χ1v) is 8.24. The second kappa shape index (κ2) is 6.38. The Labute approximate surface area is 123 Å². The number of aryl methyl sites for hydroxylation is 1. The summed E-state index contributed by atoms with van der Waals surface area (Å²) >= 11 is 0. The third kappa shape index (κ3) is 4.13. The van der Waals surface area contributed by atoms with Gasteiger partial charge in [-0.3, -0.25) is 0 Å². The summed E-state index contributed by atoms with van der Waals surface area (Å²) in [4.78, 5) is 4.21. The van der Waals surface area contributed by atoms with Crippen molar-refractivity contribution in [1.29, 1.82) is 0 Å². The Morgan fingerprint density at radius 1 is 1.29 bits per heavy atom. The monoisotopic (exact) mass is 311 g/mol. The number of rotatable bonds is 6. The highest BCUT2D eigenvalue weighted by Gasteiger charge is 2.21. The Kier molecular flexibility index (Phi) is 4.76. The van der Waals surface area contributed by atoms with E-state index in [2.05, 4.69) is 4.98 Å². The lowest BCUT2D eigenvalue weighted by molar-refractivity contribution is 0.112. The molecule has 2 rings (SSSR count). The van der Waals surface area contributed by atoms with Crippen LogP contribution in [0.15, 0.2) is 34.7 Å². The van der Waals surface area contributed by atoms with Crippen LogP contribution in [0.1, 0.15) is 11.5 Å². The minimum absolute atomic E-state index is 0.319. The van der Waals surface area contributed by atoms with E-state index in [-0.39, 0.29) is 5.75 Å². The van der Waals surface area contributed by atoms with Crippen LogP contribution in [0, 0.1) is 6.92 Å². The molecular formula is C14H17NO5S. The average Bonchev–Trinajstić information content (AvgIpc) is 2.80. The van der Waals surface area contributed by atoms with Crippen LogP contribution >= 0.6 is 0 Å². The van der Waals surface area contributed by atoms with Crippen molar-refractivity contribution in [2.45, 2.75) is 18.8 Å². The fraction of sp³-hybridized carbons (Fsp3) is 0.357. The molecule has 0 saturated carbocycles. The first-order chi connectivity index (χ1) is 9.91. The molecule has 0 aliphatic carbocycles. The van der Waals surface area contributed by atoms with Crippen molar-refractivity contribution in [1.82, 2.24) is 4.98 Å². The Morgan fingerprint density at radius 2 is 1.95 bits per heavy atom. The molecule has 7 heteroatoms. The largest absolute Gasteiger partial charge is 0.441 e. The quantitative estimate of drug-likeness (QED) is 0.822. The number of nitrogens with zero attached hydrogens (tertiary/aromatic N) is 1. The maximum absolute atomic E-state index is 11.9. The van der Waals surface area contributed by atoms with Gasteiger partial charge in [0.2, 0.25) is 5.89 Å². The van der Waals surface area contributed by atoms with Gasteiger partial charge in [0.05, 0.1) is 29.9 Å². The zero-order chi connectivity index (χ0) is 15.5. The standard InChI is InChI=1S/C14H17NO5S/c1-10-13(9-21(18,19)8-12(17)7-16)15-14(20-10)11-5-3-2-4-6-11/h2-6,12,16-17H,7-9H2,1H3/t12-/m0/s1. The van der Waals surface area contributed by atoms with Gasteiger partial charge in [0.1, 0.15) is 5.76 Å². The smallest absolute Gasteiger partial charge is 0.226 e. The molecule has 0 radical (unpaired) electrons. The second-order valence-electron chi connectivity index (χ2n) is 4.78. The van der Waals surface area contributed by atoms with Gasteiger partial charge >= 0.3 is 0 Å². The fourth-order valence-corrected chi connectivity index (χ4v) is 3.37. The van der Waals surface area contributed by atoms with Crippen LogP contribution in [0.25, 0.3) is 11.5 Å². The van der Waals surface area contributed by atoms with Gasteiger partial charge < -0.3 is 14.6 Å². The van der Waals surface area contributed by atoms with Crippen LogP contribution in [0.5, 0.6) is 0 Å². The molecule has 0 spiro atoms. The van der Waals surface area contributed by atoms with Crippen LogP contribution in [0.3, 0.4) is 0 Å². The van der Waals surface area contributed by atoms with E-state index in [1.165, 1.54) is 0 Å². The van der Waals surface area contributed by atoms with E-state index >= 15 is 0 Å². The minimum atomic E-state index is -3.57. The Morgan fingerprint density at radius 3 is 2.57 bits per heavy atom. The van der Waals surface area contributed by atoms with E-state index < -0.39 is 28.3 Å². The molecule has 0 bridgehead atoms. The summed E-state index contributed by atoms with van der Waals surface area (Å²) < 4.78 is 29.3. The number of hydrogen-bond donors (Lipinski definition) is 2. The zero-order valence-corrected chi connectivity index (χ0v) is 12.4. The second-order valence-corrected chi connectivity index (χ2v) is 6.89.